The summed E-state index contributed by atoms with van der Waals surface area (Å²) < 4.78 is 5.73. The van der Waals surface area contributed by atoms with Gasteiger partial charge in [-0.3, -0.25) is 0 Å². The number of allylic oxidation sites excluding steroid dienone is 2. The molecule has 1 saturated carbocycles. The first kappa shape index (κ1) is 24.8. The molecule has 0 unspecified atom stereocenters. The van der Waals surface area contributed by atoms with Crippen molar-refractivity contribution < 1.29 is 35.1 Å². The zero-order valence-corrected chi connectivity index (χ0v) is 18.3. The van der Waals surface area contributed by atoms with Crippen LogP contribution in [0.25, 0.3) is 0 Å². The summed E-state index contributed by atoms with van der Waals surface area (Å²) in [5, 5.41) is 50.1. The van der Waals surface area contributed by atoms with Crippen molar-refractivity contribution in [1.29, 1.82) is 0 Å². The molecule has 5 N–H and O–H groups in total. The third kappa shape index (κ3) is 4.55. The van der Waals surface area contributed by atoms with Crippen LogP contribution in [-0.2, 0) is 9.53 Å². The molecule has 0 aromatic carbocycles. The van der Waals surface area contributed by atoms with Gasteiger partial charge in [0.1, 0.15) is 11.7 Å². The number of rotatable bonds is 7. The maximum Gasteiger partial charge on any atom is 0.331 e. The van der Waals surface area contributed by atoms with E-state index >= 15 is 0 Å². The van der Waals surface area contributed by atoms with Gasteiger partial charge in [-0.1, -0.05) is 45.4 Å². The molecule has 2 aliphatic rings. The van der Waals surface area contributed by atoms with Crippen molar-refractivity contribution in [2.24, 2.45) is 16.7 Å². The quantitative estimate of drug-likeness (QED) is 0.180. The van der Waals surface area contributed by atoms with E-state index in [0.717, 1.165) is 12.8 Å². The summed E-state index contributed by atoms with van der Waals surface area (Å²) in [6.07, 6.45) is 6.81. The Bertz CT molecular complexity index is 708. The highest BCUT2D eigenvalue weighted by molar-refractivity contribution is 5.82. The molecular weight excluding hydrogens is 388 g/mol. The Labute approximate surface area is 178 Å². The van der Waals surface area contributed by atoms with Crippen LogP contribution in [0, 0.1) is 16.7 Å². The van der Waals surface area contributed by atoms with Crippen molar-refractivity contribution in [1.82, 2.24) is 0 Å². The number of fused-ring (bicyclic) bond motifs is 1. The zero-order valence-electron chi connectivity index (χ0n) is 18.3. The van der Waals surface area contributed by atoms with Gasteiger partial charge in [0.15, 0.2) is 0 Å². The normalized spacial score (nSPS) is 35.7. The van der Waals surface area contributed by atoms with Gasteiger partial charge in [-0.15, -0.1) is 0 Å². The first-order chi connectivity index (χ1) is 13.9. The molecule has 2 aliphatic carbocycles. The topological polar surface area (TPSA) is 127 Å². The molecule has 0 aliphatic heterocycles. The molecule has 7 heteroatoms. The molecule has 170 valence electrons. The summed E-state index contributed by atoms with van der Waals surface area (Å²) >= 11 is 0. The smallest absolute Gasteiger partial charge is 0.331 e. The highest BCUT2D eigenvalue weighted by Crippen LogP contribution is 2.61. The Balaban J connectivity index is 2.31. The van der Waals surface area contributed by atoms with Crippen molar-refractivity contribution in [2.45, 2.75) is 70.9 Å². The molecule has 1 fully saturated rings. The lowest BCUT2D eigenvalue weighted by molar-refractivity contribution is -0.198. The number of aliphatic hydroxyl groups is 5. The van der Waals surface area contributed by atoms with E-state index in [-0.39, 0.29) is 16.9 Å². The van der Waals surface area contributed by atoms with E-state index in [1.54, 1.807) is 6.08 Å². The van der Waals surface area contributed by atoms with Crippen LogP contribution in [0.2, 0.25) is 0 Å². The predicted molar refractivity (Wildman–Crippen MR) is 112 cm³/mol. The molecule has 6 atom stereocenters. The predicted octanol–water partition coefficient (Wildman–Crippen LogP) is 1.24. The minimum Gasteiger partial charge on any atom is -0.455 e. The van der Waals surface area contributed by atoms with Crippen LogP contribution in [0.4, 0.5) is 0 Å². The second kappa shape index (κ2) is 9.32. The summed E-state index contributed by atoms with van der Waals surface area (Å²) in [7, 11) is 0. The van der Waals surface area contributed by atoms with Crippen molar-refractivity contribution in [3.63, 3.8) is 0 Å². The fourth-order valence-corrected chi connectivity index (χ4v) is 5.37. The van der Waals surface area contributed by atoms with E-state index in [1.807, 2.05) is 6.92 Å². The van der Waals surface area contributed by atoms with Gasteiger partial charge in [0, 0.05) is 17.4 Å². The van der Waals surface area contributed by atoms with E-state index in [2.05, 4.69) is 13.8 Å². The minimum atomic E-state index is -1.58. The second-order valence-corrected chi connectivity index (χ2v) is 9.48. The van der Waals surface area contributed by atoms with E-state index in [1.165, 1.54) is 31.2 Å². The standard InChI is InChI=1S/C23H36O7/c1-15(26)17(27)8-5-6-9-19(28)30-18-12-16(13-24)23(29,14-25)22(4)11-7-10-21(2,3)20(18)22/h5-6,8-9,12,15,17-18,20,24-27,29H,7,10-11,13-14H2,1-4H3/b8-5+,9-6+/t15-,17+,18+,20-,22-,23+/m0/s1. The van der Waals surface area contributed by atoms with Crippen LogP contribution in [0.15, 0.2) is 36.0 Å². The average molecular weight is 425 g/mol. The SMILES string of the molecule is C[C@H](O)[C@H](O)/C=C/C=C/C(=O)O[C@@H]1C=C(CO)[C@](O)(CO)[C@@]2(C)CCCC(C)(C)[C@H]12. The number of hydrogen-bond acceptors (Lipinski definition) is 7. The van der Waals surface area contributed by atoms with Crippen LogP contribution >= 0.6 is 0 Å². The van der Waals surface area contributed by atoms with Crippen LogP contribution < -0.4 is 0 Å². The number of hydrogen-bond donors (Lipinski definition) is 5. The van der Waals surface area contributed by atoms with Crippen molar-refractivity contribution in [3.8, 4) is 0 Å². The molecule has 7 nitrogen and oxygen atoms in total. The summed E-state index contributed by atoms with van der Waals surface area (Å²) in [4.78, 5) is 12.4. The number of aliphatic hydroxyl groups excluding tert-OH is 4. The lowest BCUT2D eigenvalue weighted by Gasteiger charge is -2.61. The van der Waals surface area contributed by atoms with E-state index in [4.69, 9.17) is 4.74 Å². The molecule has 2 rings (SSSR count). The van der Waals surface area contributed by atoms with Gasteiger partial charge in [0.25, 0.3) is 0 Å². The van der Waals surface area contributed by atoms with Gasteiger partial charge in [-0.25, -0.2) is 4.79 Å². The Morgan fingerprint density at radius 2 is 1.90 bits per heavy atom. The second-order valence-electron chi connectivity index (χ2n) is 9.48. The molecule has 0 spiro atoms. The van der Waals surface area contributed by atoms with E-state index in [0.29, 0.717) is 6.42 Å². The largest absolute Gasteiger partial charge is 0.455 e. The number of carbonyl (C=O) groups is 1. The highest BCUT2D eigenvalue weighted by atomic mass is 16.5. The van der Waals surface area contributed by atoms with Gasteiger partial charge in [0.05, 0.1) is 25.4 Å². The van der Waals surface area contributed by atoms with Crippen molar-refractivity contribution in [2.75, 3.05) is 13.2 Å². The van der Waals surface area contributed by atoms with Crippen LogP contribution in [0.3, 0.4) is 0 Å². The highest BCUT2D eigenvalue weighted by Gasteiger charge is 2.63. The number of esters is 1. The summed E-state index contributed by atoms with van der Waals surface area (Å²) in [5.74, 6) is -0.848. The Morgan fingerprint density at radius 3 is 2.47 bits per heavy atom. The third-order valence-corrected chi connectivity index (χ3v) is 7.01. The Hall–Kier alpha value is -1.51. The summed E-state index contributed by atoms with van der Waals surface area (Å²) in [6.45, 7) is 6.54. The van der Waals surface area contributed by atoms with Gasteiger partial charge < -0.3 is 30.3 Å². The maximum atomic E-state index is 12.4. The monoisotopic (exact) mass is 424 g/mol. The average Bonchev–Trinajstić information content (AvgIpc) is 2.66. The van der Waals surface area contributed by atoms with Gasteiger partial charge in [0.2, 0.25) is 0 Å². The molecule has 0 radical (unpaired) electrons. The first-order valence-corrected chi connectivity index (χ1v) is 10.5. The molecular formula is C23H36O7. The van der Waals surface area contributed by atoms with Crippen LogP contribution in [0.1, 0.15) is 47.0 Å². The lowest BCUT2D eigenvalue weighted by Crippen LogP contribution is -2.65. The van der Waals surface area contributed by atoms with Gasteiger partial charge in [-0.05, 0) is 36.8 Å². The van der Waals surface area contributed by atoms with E-state index in [9.17, 15) is 30.3 Å². The molecule has 0 aromatic rings. The molecule has 0 heterocycles. The molecule has 30 heavy (non-hydrogen) atoms. The van der Waals surface area contributed by atoms with Gasteiger partial charge in [-0.2, -0.15) is 0 Å². The van der Waals surface area contributed by atoms with Crippen molar-refractivity contribution >= 4 is 5.97 Å². The fourth-order valence-electron chi connectivity index (χ4n) is 5.37. The lowest BCUT2D eigenvalue weighted by atomic mass is 9.46. The molecule has 0 bridgehead atoms. The molecule has 0 saturated heterocycles. The molecule has 0 amide bonds. The summed E-state index contributed by atoms with van der Waals surface area (Å²) in [6, 6.07) is 0. The Morgan fingerprint density at radius 1 is 1.23 bits per heavy atom. The van der Waals surface area contributed by atoms with E-state index < -0.39 is 48.5 Å². The summed E-state index contributed by atoms with van der Waals surface area (Å²) in [5.41, 5.74) is -2.35. The Kier molecular flexibility index (Phi) is 7.69. The van der Waals surface area contributed by atoms with Crippen LogP contribution in [0.5, 0.6) is 0 Å². The first-order valence-electron chi connectivity index (χ1n) is 10.5. The third-order valence-electron chi connectivity index (χ3n) is 7.01. The van der Waals surface area contributed by atoms with Crippen LogP contribution in [-0.4, -0.2) is 68.6 Å². The molecule has 0 aromatic heterocycles. The van der Waals surface area contributed by atoms with Crippen molar-refractivity contribution in [3.05, 3.63) is 36.0 Å². The number of ether oxygens (including phenoxy) is 1. The zero-order chi connectivity index (χ0) is 22.7. The fraction of sp³-hybridized carbons (Fsp3) is 0.696. The minimum absolute atomic E-state index is 0.254. The van der Waals surface area contributed by atoms with Gasteiger partial charge >= 0.3 is 5.97 Å². The maximum absolute atomic E-state index is 12.4. The number of carbonyl (C=O) groups excluding carboxylic acids is 1.